The summed E-state index contributed by atoms with van der Waals surface area (Å²) in [6.45, 7) is 23.4. The summed E-state index contributed by atoms with van der Waals surface area (Å²) >= 11 is 0. The molecule has 8 bridgehead atoms. The molecule has 280 valence electrons. The monoisotopic (exact) mass is 712 g/mol. The van der Waals surface area contributed by atoms with Gasteiger partial charge in [-0.1, -0.05) is 83.1 Å². The predicted molar refractivity (Wildman–Crippen MR) is 203 cm³/mol. The number of aliphatic hydroxyl groups is 4. The van der Waals surface area contributed by atoms with Gasteiger partial charge in [0.1, 0.15) is 47.4 Å². The standard InChI is InChI=1S/C44H56O8/c1-41(2,3)21-13-25-33(45)26(14-21)38(50)28-16-23(43(7,8)9)18-30(35(28)47)40(52)32-20-24(44(10,11)12)19-31(36(32)48)39(51)29-17-22(42(4,5)6)15-27(34(29)46)37(25)49/h13-20,37-40,45-52H,1-12H3. The Morgan fingerprint density at radius 2 is 0.404 bits per heavy atom. The summed E-state index contributed by atoms with van der Waals surface area (Å²) in [7, 11) is 0. The molecule has 0 saturated heterocycles. The van der Waals surface area contributed by atoms with Crippen molar-refractivity contribution in [2.24, 2.45) is 0 Å². The average Bonchev–Trinajstić information content (AvgIpc) is 3.01. The van der Waals surface area contributed by atoms with E-state index < -0.39 is 69.1 Å². The fourth-order valence-corrected chi connectivity index (χ4v) is 6.79. The lowest BCUT2D eigenvalue weighted by atomic mass is 9.77. The fraction of sp³-hybridized carbons (Fsp3) is 0.455. The largest absolute Gasteiger partial charge is 0.507 e. The van der Waals surface area contributed by atoms with E-state index in [1.807, 2.05) is 83.1 Å². The third-order valence-electron chi connectivity index (χ3n) is 10.5. The van der Waals surface area contributed by atoms with Crippen molar-refractivity contribution in [3.63, 3.8) is 0 Å². The number of aromatic hydroxyl groups is 4. The SMILES string of the molecule is CC(C)(C)c1cc2c(O)c(c1)C(O)c1cc(C(C)(C)C)cc(c1O)C(O)c1cc(C(C)(C)C)cc(c1O)C(O)c1cc(C(C)(C)C)cc(c1O)C2O. The molecule has 0 aromatic heterocycles. The van der Waals surface area contributed by atoms with Crippen molar-refractivity contribution in [1.82, 2.24) is 0 Å². The maximum atomic E-state index is 12.2. The molecule has 0 aliphatic heterocycles. The van der Waals surface area contributed by atoms with Gasteiger partial charge in [0.15, 0.2) is 0 Å². The van der Waals surface area contributed by atoms with Crippen LogP contribution >= 0.6 is 0 Å². The number of fused-ring (bicyclic) bond motifs is 8. The lowest BCUT2D eigenvalue weighted by Gasteiger charge is -2.30. The normalized spacial score (nSPS) is 19.8. The number of phenolic OH excluding ortho intramolecular Hbond substituents is 4. The third kappa shape index (κ3) is 6.90. The first-order valence-corrected chi connectivity index (χ1v) is 17.9. The van der Waals surface area contributed by atoms with Crippen LogP contribution in [0.5, 0.6) is 23.0 Å². The lowest BCUT2D eigenvalue weighted by Crippen LogP contribution is -2.19. The molecule has 8 heteroatoms. The first kappa shape index (κ1) is 39.1. The highest BCUT2D eigenvalue weighted by molar-refractivity contribution is 5.61. The number of benzene rings is 4. The molecule has 0 amide bonds. The lowest BCUT2D eigenvalue weighted by molar-refractivity contribution is 0.190. The van der Waals surface area contributed by atoms with Crippen LogP contribution in [0.4, 0.5) is 0 Å². The Morgan fingerprint density at radius 1 is 0.288 bits per heavy atom. The number of hydrogen-bond donors (Lipinski definition) is 8. The number of rotatable bonds is 0. The Bertz CT molecular complexity index is 1640. The summed E-state index contributed by atoms with van der Waals surface area (Å²) in [5.41, 5.74) is 0.507. The van der Waals surface area contributed by atoms with Gasteiger partial charge in [-0.15, -0.1) is 0 Å². The Morgan fingerprint density at radius 3 is 0.500 bits per heavy atom. The minimum Gasteiger partial charge on any atom is -0.507 e. The second-order valence-corrected chi connectivity index (χ2v) is 18.6. The van der Waals surface area contributed by atoms with Gasteiger partial charge in [0.05, 0.1) is 0 Å². The highest BCUT2D eigenvalue weighted by Gasteiger charge is 2.35. The van der Waals surface area contributed by atoms with Crippen LogP contribution in [0.2, 0.25) is 0 Å². The summed E-state index contributed by atoms with van der Waals surface area (Å²) in [6, 6.07) is 13.0. The van der Waals surface area contributed by atoms with E-state index in [2.05, 4.69) is 0 Å². The van der Waals surface area contributed by atoms with Crippen molar-refractivity contribution in [2.75, 3.05) is 0 Å². The molecule has 0 heterocycles. The van der Waals surface area contributed by atoms with Crippen molar-refractivity contribution in [3.8, 4) is 23.0 Å². The third-order valence-corrected chi connectivity index (χ3v) is 10.5. The minimum absolute atomic E-state index is 0.00181. The van der Waals surface area contributed by atoms with Gasteiger partial charge in [-0.25, -0.2) is 0 Å². The van der Waals surface area contributed by atoms with Crippen LogP contribution in [0.15, 0.2) is 48.5 Å². The molecule has 4 aromatic carbocycles. The summed E-state index contributed by atoms with van der Waals surface area (Å²) in [5, 5.41) is 96.4. The van der Waals surface area contributed by atoms with Gasteiger partial charge in [0, 0.05) is 44.5 Å². The molecule has 4 aromatic rings. The predicted octanol–water partition coefficient (Wildman–Crippen LogP) is 8.34. The van der Waals surface area contributed by atoms with E-state index in [1.54, 1.807) is 48.5 Å². The zero-order valence-corrected chi connectivity index (χ0v) is 32.5. The molecule has 0 atom stereocenters. The van der Waals surface area contributed by atoms with Gasteiger partial charge < -0.3 is 40.9 Å². The molecule has 0 radical (unpaired) electrons. The topological polar surface area (TPSA) is 162 Å². The highest BCUT2D eigenvalue weighted by Crippen LogP contribution is 2.50. The van der Waals surface area contributed by atoms with E-state index in [1.165, 1.54) is 0 Å². The molecular weight excluding hydrogens is 656 g/mol. The van der Waals surface area contributed by atoms with Crippen molar-refractivity contribution < 1.29 is 40.9 Å². The first-order valence-electron chi connectivity index (χ1n) is 17.9. The number of aliphatic hydroxyl groups excluding tert-OH is 4. The second kappa shape index (κ2) is 12.8. The van der Waals surface area contributed by atoms with Gasteiger partial charge >= 0.3 is 0 Å². The van der Waals surface area contributed by atoms with Crippen LogP contribution in [0.1, 0.15) is 174 Å². The van der Waals surface area contributed by atoms with Crippen LogP contribution in [0, 0.1) is 0 Å². The average molecular weight is 713 g/mol. The molecule has 0 saturated carbocycles. The van der Waals surface area contributed by atoms with Gasteiger partial charge in [-0.3, -0.25) is 0 Å². The van der Waals surface area contributed by atoms with E-state index in [9.17, 15) is 40.9 Å². The van der Waals surface area contributed by atoms with Crippen LogP contribution in [-0.4, -0.2) is 40.9 Å². The fourth-order valence-electron chi connectivity index (χ4n) is 6.79. The van der Waals surface area contributed by atoms with Gasteiger partial charge in [0.25, 0.3) is 0 Å². The molecule has 0 spiro atoms. The Labute approximate surface area is 307 Å². The van der Waals surface area contributed by atoms with Crippen molar-refractivity contribution in [1.29, 1.82) is 0 Å². The number of phenols is 4. The number of hydrogen-bond acceptors (Lipinski definition) is 8. The van der Waals surface area contributed by atoms with Crippen LogP contribution in [0.25, 0.3) is 0 Å². The Kier molecular flexibility index (Phi) is 9.63. The maximum absolute atomic E-state index is 12.2. The molecule has 8 nitrogen and oxygen atoms in total. The van der Waals surface area contributed by atoms with Gasteiger partial charge in [-0.05, 0) is 92.4 Å². The van der Waals surface area contributed by atoms with Gasteiger partial charge in [0.2, 0.25) is 0 Å². The van der Waals surface area contributed by atoms with Crippen molar-refractivity contribution >= 4 is 0 Å². The van der Waals surface area contributed by atoms with Crippen LogP contribution in [0.3, 0.4) is 0 Å². The maximum Gasteiger partial charge on any atom is 0.127 e. The summed E-state index contributed by atoms with van der Waals surface area (Å²) in [6.07, 6.45) is -6.53. The van der Waals surface area contributed by atoms with E-state index in [-0.39, 0.29) is 44.5 Å². The highest BCUT2D eigenvalue weighted by atomic mass is 16.3. The smallest absolute Gasteiger partial charge is 0.127 e. The summed E-state index contributed by atoms with van der Waals surface area (Å²) in [4.78, 5) is 0. The Balaban J connectivity index is 2.03. The van der Waals surface area contributed by atoms with Crippen molar-refractivity contribution in [3.05, 3.63) is 115 Å². The zero-order chi connectivity index (χ0) is 39.2. The van der Waals surface area contributed by atoms with E-state index in [4.69, 9.17) is 0 Å². The van der Waals surface area contributed by atoms with E-state index in [0.717, 1.165) is 0 Å². The molecular formula is C44H56O8. The zero-order valence-electron chi connectivity index (χ0n) is 32.5. The summed E-state index contributed by atoms with van der Waals surface area (Å²) in [5.74, 6) is -1.77. The molecule has 5 rings (SSSR count). The molecule has 0 unspecified atom stereocenters. The van der Waals surface area contributed by atoms with Crippen LogP contribution < -0.4 is 0 Å². The minimum atomic E-state index is -1.63. The second-order valence-electron chi connectivity index (χ2n) is 18.6. The Hall–Kier alpha value is -4.08. The van der Waals surface area contributed by atoms with Gasteiger partial charge in [-0.2, -0.15) is 0 Å². The van der Waals surface area contributed by atoms with Crippen LogP contribution in [-0.2, 0) is 21.7 Å². The molecule has 8 N–H and O–H groups in total. The first-order chi connectivity index (χ1) is 23.6. The molecule has 1 aliphatic rings. The van der Waals surface area contributed by atoms with Crippen molar-refractivity contribution in [2.45, 2.75) is 129 Å². The molecule has 1 aliphatic carbocycles. The van der Waals surface area contributed by atoms with E-state index in [0.29, 0.717) is 22.3 Å². The molecule has 52 heavy (non-hydrogen) atoms. The summed E-state index contributed by atoms with van der Waals surface area (Å²) < 4.78 is 0. The quantitative estimate of drug-likeness (QED) is 0.0903. The molecule has 0 fully saturated rings. The van der Waals surface area contributed by atoms with E-state index >= 15 is 0 Å².